The van der Waals surface area contributed by atoms with Crippen molar-refractivity contribution in [2.45, 2.75) is 0 Å². The molecule has 2 heteroatoms. The second kappa shape index (κ2) is 6.30. The maximum atomic E-state index is 9.98. The van der Waals surface area contributed by atoms with Crippen LogP contribution in [0.4, 0.5) is 0 Å². The molecule has 0 N–H and O–H groups in total. The molecule has 2 nitrogen and oxygen atoms in total. The summed E-state index contributed by atoms with van der Waals surface area (Å²) in [6, 6.07) is 20.0. The number of rotatable bonds is 1. The van der Waals surface area contributed by atoms with E-state index in [2.05, 4.69) is 53.5 Å². The minimum Gasteiger partial charge on any atom is -0.298 e. The van der Waals surface area contributed by atoms with E-state index in [1.807, 2.05) is 0 Å². The molecule has 0 aliphatic carbocycles. The van der Waals surface area contributed by atoms with Gasteiger partial charge in [0.15, 0.2) is 0 Å². The van der Waals surface area contributed by atoms with Crippen molar-refractivity contribution in [1.29, 1.82) is 0 Å². The summed E-state index contributed by atoms with van der Waals surface area (Å²) in [6.07, 6.45) is 3.97. The molecule has 0 aliphatic heterocycles. The Hall–Kier alpha value is -2.48. The highest BCUT2D eigenvalue weighted by Gasteiger charge is 1.85. The zero-order valence-electron chi connectivity index (χ0n) is 9.86. The molecular weight excluding hydrogens is 222 g/mol. The Kier molecular flexibility index (Phi) is 4.20. The molecule has 2 aromatic carbocycles. The standard InChI is InChI=1S/C10H8.C6H5NO/c1-2-6-10-8-4-3-7-9(10)5-1;8-5-6-1-3-7-4-2-6/h1-8H;1-5H. The molecule has 0 amide bonds. The van der Waals surface area contributed by atoms with Gasteiger partial charge in [-0.25, -0.2) is 0 Å². The summed E-state index contributed by atoms with van der Waals surface area (Å²) in [5, 5.41) is 2.62. The lowest BCUT2D eigenvalue weighted by Crippen LogP contribution is -1.76. The first-order valence-corrected chi connectivity index (χ1v) is 5.69. The second-order valence-corrected chi connectivity index (χ2v) is 3.75. The zero-order valence-corrected chi connectivity index (χ0v) is 9.86. The third kappa shape index (κ3) is 3.25. The van der Waals surface area contributed by atoms with Gasteiger partial charge in [0.05, 0.1) is 0 Å². The molecule has 1 heterocycles. The third-order valence-electron chi connectivity index (χ3n) is 2.50. The zero-order chi connectivity index (χ0) is 12.6. The fraction of sp³-hybridized carbons (Fsp3) is 0. The molecule has 0 radical (unpaired) electrons. The second-order valence-electron chi connectivity index (χ2n) is 3.75. The molecule has 0 unspecified atom stereocenters. The number of carbonyl (C=O) groups excluding carboxylic acids is 1. The van der Waals surface area contributed by atoms with Crippen LogP contribution in [0.2, 0.25) is 0 Å². The van der Waals surface area contributed by atoms with E-state index in [4.69, 9.17) is 0 Å². The monoisotopic (exact) mass is 235 g/mol. The molecule has 0 bridgehead atoms. The molecule has 0 fully saturated rings. The van der Waals surface area contributed by atoms with Crippen molar-refractivity contribution in [2.24, 2.45) is 0 Å². The van der Waals surface area contributed by atoms with Gasteiger partial charge in [0.1, 0.15) is 6.29 Å². The van der Waals surface area contributed by atoms with Gasteiger partial charge in [-0.05, 0) is 22.9 Å². The predicted molar refractivity (Wildman–Crippen MR) is 73.6 cm³/mol. The Bertz CT molecular complexity index is 555. The molecule has 3 rings (SSSR count). The van der Waals surface area contributed by atoms with E-state index in [-0.39, 0.29) is 0 Å². The van der Waals surface area contributed by atoms with E-state index in [9.17, 15) is 4.79 Å². The van der Waals surface area contributed by atoms with E-state index in [1.165, 1.54) is 10.8 Å². The molecular formula is C16H13NO. The van der Waals surface area contributed by atoms with Crippen LogP contribution in [0.5, 0.6) is 0 Å². The van der Waals surface area contributed by atoms with Crippen LogP contribution in [0.1, 0.15) is 10.4 Å². The Balaban J connectivity index is 0.000000138. The van der Waals surface area contributed by atoms with Crippen LogP contribution >= 0.6 is 0 Å². The predicted octanol–water partition coefficient (Wildman–Crippen LogP) is 3.73. The number of hydrogen-bond donors (Lipinski definition) is 0. The largest absolute Gasteiger partial charge is 0.298 e. The lowest BCUT2D eigenvalue weighted by molar-refractivity contribution is 0.112. The molecule has 0 saturated carbocycles. The average molecular weight is 235 g/mol. The molecule has 88 valence electrons. The smallest absolute Gasteiger partial charge is 0.150 e. The van der Waals surface area contributed by atoms with Crippen molar-refractivity contribution in [3.05, 3.63) is 78.6 Å². The Morgan fingerprint density at radius 3 is 1.50 bits per heavy atom. The number of nitrogens with zero attached hydrogens (tertiary/aromatic N) is 1. The minimum absolute atomic E-state index is 0.667. The van der Waals surface area contributed by atoms with Crippen molar-refractivity contribution in [3.8, 4) is 0 Å². The Morgan fingerprint density at radius 2 is 1.17 bits per heavy atom. The highest BCUT2D eigenvalue weighted by atomic mass is 16.1. The van der Waals surface area contributed by atoms with Crippen LogP contribution in [0, 0.1) is 0 Å². The number of benzene rings is 2. The number of aldehydes is 1. The van der Waals surface area contributed by atoms with Crippen LogP contribution in [-0.2, 0) is 0 Å². The van der Waals surface area contributed by atoms with Crippen molar-refractivity contribution in [2.75, 3.05) is 0 Å². The molecule has 0 saturated heterocycles. The highest BCUT2D eigenvalue weighted by Crippen LogP contribution is 2.11. The molecule has 1 aromatic heterocycles. The number of carbonyl (C=O) groups is 1. The van der Waals surface area contributed by atoms with Crippen LogP contribution in [0.15, 0.2) is 73.1 Å². The topological polar surface area (TPSA) is 30.0 Å². The van der Waals surface area contributed by atoms with Gasteiger partial charge in [-0.3, -0.25) is 9.78 Å². The summed E-state index contributed by atoms with van der Waals surface area (Å²) in [4.78, 5) is 13.7. The molecule has 0 aliphatic rings. The number of aromatic nitrogens is 1. The minimum atomic E-state index is 0.667. The number of fused-ring (bicyclic) bond motifs is 1. The number of hydrogen-bond acceptors (Lipinski definition) is 2. The van der Waals surface area contributed by atoms with Gasteiger partial charge >= 0.3 is 0 Å². The number of pyridine rings is 1. The molecule has 0 atom stereocenters. The average Bonchev–Trinajstić information content (AvgIpc) is 2.49. The van der Waals surface area contributed by atoms with Gasteiger partial charge in [-0.2, -0.15) is 0 Å². The highest BCUT2D eigenvalue weighted by molar-refractivity contribution is 5.82. The summed E-state index contributed by atoms with van der Waals surface area (Å²) >= 11 is 0. The van der Waals surface area contributed by atoms with Crippen molar-refractivity contribution in [1.82, 2.24) is 4.98 Å². The van der Waals surface area contributed by atoms with Gasteiger partial charge < -0.3 is 0 Å². The third-order valence-corrected chi connectivity index (χ3v) is 2.50. The van der Waals surface area contributed by atoms with Crippen LogP contribution in [0.3, 0.4) is 0 Å². The summed E-state index contributed by atoms with van der Waals surface area (Å²) < 4.78 is 0. The van der Waals surface area contributed by atoms with E-state index in [1.54, 1.807) is 24.5 Å². The van der Waals surface area contributed by atoms with Crippen molar-refractivity contribution >= 4 is 17.1 Å². The van der Waals surface area contributed by atoms with Crippen molar-refractivity contribution in [3.63, 3.8) is 0 Å². The van der Waals surface area contributed by atoms with Gasteiger partial charge in [-0.1, -0.05) is 48.5 Å². The van der Waals surface area contributed by atoms with Gasteiger partial charge in [-0.15, -0.1) is 0 Å². The van der Waals surface area contributed by atoms with Crippen LogP contribution in [-0.4, -0.2) is 11.3 Å². The Labute approximate surface area is 106 Å². The maximum Gasteiger partial charge on any atom is 0.150 e. The lowest BCUT2D eigenvalue weighted by atomic mass is 10.1. The van der Waals surface area contributed by atoms with Crippen LogP contribution in [0.25, 0.3) is 10.8 Å². The van der Waals surface area contributed by atoms with E-state index in [0.717, 1.165) is 6.29 Å². The van der Waals surface area contributed by atoms with E-state index in [0.29, 0.717) is 5.56 Å². The summed E-state index contributed by atoms with van der Waals surface area (Å²) in [7, 11) is 0. The molecule has 0 spiro atoms. The first-order valence-electron chi connectivity index (χ1n) is 5.69. The Morgan fingerprint density at radius 1 is 0.722 bits per heavy atom. The SMILES string of the molecule is O=Cc1ccncc1.c1ccc2ccccc2c1. The summed E-state index contributed by atoms with van der Waals surface area (Å²) in [5.74, 6) is 0. The van der Waals surface area contributed by atoms with E-state index >= 15 is 0 Å². The maximum absolute atomic E-state index is 9.98. The molecule has 3 aromatic rings. The lowest BCUT2D eigenvalue weighted by Gasteiger charge is -1.92. The van der Waals surface area contributed by atoms with Gasteiger partial charge in [0, 0.05) is 18.0 Å². The first-order chi connectivity index (χ1) is 8.90. The first kappa shape index (κ1) is 12.0. The van der Waals surface area contributed by atoms with Gasteiger partial charge in [0.25, 0.3) is 0 Å². The fourth-order valence-corrected chi connectivity index (χ4v) is 1.57. The summed E-state index contributed by atoms with van der Waals surface area (Å²) in [6.45, 7) is 0. The normalized spacial score (nSPS) is 9.33. The van der Waals surface area contributed by atoms with E-state index < -0.39 is 0 Å². The van der Waals surface area contributed by atoms with Crippen molar-refractivity contribution < 1.29 is 4.79 Å². The van der Waals surface area contributed by atoms with Crippen LogP contribution < -0.4 is 0 Å². The quantitative estimate of drug-likeness (QED) is 0.601. The summed E-state index contributed by atoms with van der Waals surface area (Å²) in [5.41, 5.74) is 0.667. The molecule has 18 heavy (non-hydrogen) atoms. The van der Waals surface area contributed by atoms with Gasteiger partial charge in [0.2, 0.25) is 0 Å². The fourth-order valence-electron chi connectivity index (χ4n) is 1.57.